The highest BCUT2D eigenvalue weighted by molar-refractivity contribution is 6.30. The maximum Gasteiger partial charge on any atom is 0.255 e. The van der Waals surface area contributed by atoms with Crippen LogP contribution in [0, 0.1) is 17.5 Å². The third-order valence-electron chi connectivity index (χ3n) is 2.32. The summed E-state index contributed by atoms with van der Waals surface area (Å²) in [5, 5.41) is 1.99. The average molecular weight is 302 g/mol. The van der Waals surface area contributed by atoms with Gasteiger partial charge in [-0.25, -0.2) is 18.2 Å². The first-order chi connectivity index (χ1) is 9.36. The van der Waals surface area contributed by atoms with E-state index in [1.807, 2.05) is 5.32 Å². The smallest absolute Gasteiger partial charge is 0.255 e. The molecule has 0 fully saturated rings. The van der Waals surface area contributed by atoms with E-state index in [2.05, 4.69) is 4.98 Å². The summed E-state index contributed by atoms with van der Waals surface area (Å²) in [5.41, 5.74) is 4.75. The second-order valence-corrected chi connectivity index (χ2v) is 4.19. The SMILES string of the molecule is Nc1cc(C(=O)Nc2cc(F)cc(F)c2F)cc(Cl)n1. The quantitative estimate of drug-likeness (QED) is 0.662. The third-order valence-corrected chi connectivity index (χ3v) is 2.51. The van der Waals surface area contributed by atoms with Crippen LogP contribution < -0.4 is 11.1 Å². The largest absolute Gasteiger partial charge is 0.384 e. The summed E-state index contributed by atoms with van der Waals surface area (Å²) < 4.78 is 39.4. The van der Waals surface area contributed by atoms with Crippen molar-refractivity contribution in [2.75, 3.05) is 11.1 Å². The lowest BCUT2D eigenvalue weighted by Crippen LogP contribution is -2.14. The number of rotatable bonds is 2. The molecule has 3 N–H and O–H groups in total. The van der Waals surface area contributed by atoms with Crippen LogP contribution in [0.1, 0.15) is 10.4 Å². The highest BCUT2D eigenvalue weighted by atomic mass is 35.5. The van der Waals surface area contributed by atoms with Crippen LogP contribution in [0.3, 0.4) is 0 Å². The van der Waals surface area contributed by atoms with Crippen molar-refractivity contribution in [2.24, 2.45) is 0 Å². The van der Waals surface area contributed by atoms with Crippen LogP contribution in [0.15, 0.2) is 24.3 Å². The minimum Gasteiger partial charge on any atom is -0.384 e. The molecule has 104 valence electrons. The molecule has 0 saturated carbocycles. The van der Waals surface area contributed by atoms with Gasteiger partial charge in [0.15, 0.2) is 11.6 Å². The summed E-state index contributed by atoms with van der Waals surface area (Å²) in [6.07, 6.45) is 0. The fourth-order valence-electron chi connectivity index (χ4n) is 1.49. The van der Waals surface area contributed by atoms with Crippen LogP contribution in [-0.2, 0) is 0 Å². The number of pyridine rings is 1. The maximum atomic E-state index is 13.4. The van der Waals surface area contributed by atoms with E-state index in [1.54, 1.807) is 0 Å². The monoisotopic (exact) mass is 301 g/mol. The molecular weight excluding hydrogens is 295 g/mol. The zero-order chi connectivity index (χ0) is 14.9. The molecule has 8 heteroatoms. The van der Waals surface area contributed by atoms with Gasteiger partial charge >= 0.3 is 0 Å². The maximum absolute atomic E-state index is 13.4. The predicted molar refractivity (Wildman–Crippen MR) is 67.9 cm³/mol. The van der Waals surface area contributed by atoms with Gasteiger partial charge in [0.05, 0.1) is 5.69 Å². The molecule has 2 rings (SSSR count). The van der Waals surface area contributed by atoms with Crippen molar-refractivity contribution in [2.45, 2.75) is 0 Å². The summed E-state index contributed by atoms with van der Waals surface area (Å²) >= 11 is 5.61. The van der Waals surface area contributed by atoms with Gasteiger partial charge in [-0.05, 0) is 12.1 Å². The van der Waals surface area contributed by atoms with E-state index in [0.29, 0.717) is 12.1 Å². The number of hydrogen-bond donors (Lipinski definition) is 2. The summed E-state index contributed by atoms with van der Waals surface area (Å²) in [4.78, 5) is 15.5. The van der Waals surface area contributed by atoms with Crippen molar-refractivity contribution < 1.29 is 18.0 Å². The van der Waals surface area contributed by atoms with Crippen molar-refractivity contribution in [1.29, 1.82) is 0 Å². The Morgan fingerprint density at radius 2 is 1.90 bits per heavy atom. The zero-order valence-electron chi connectivity index (χ0n) is 9.75. The van der Waals surface area contributed by atoms with Gasteiger partial charge in [0.2, 0.25) is 0 Å². The Kier molecular flexibility index (Phi) is 3.80. The minimum atomic E-state index is -1.41. The van der Waals surface area contributed by atoms with Crippen LogP contribution in [0.4, 0.5) is 24.7 Å². The molecular formula is C12H7ClF3N3O. The Bertz CT molecular complexity index is 674. The number of anilines is 2. The summed E-state index contributed by atoms with van der Waals surface area (Å²) in [6.45, 7) is 0. The van der Waals surface area contributed by atoms with Crippen LogP contribution in [0.25, 0.3) is 0 Å². The van der Waals surface area contributed by atoms with E-state index in [1.165, 1.54) is 12.1 Å². The Balaban J connectivity index is 2.32. The number of hydrogen-bond acceptors (Lipinski definition) is 3. The van der Waals surface area contributed by atoms with Crippen molar-refractivity contribution in [3.8, 4) is 0 Å². The van der Waals surface area contributed by atoms with Gasteiger partial charge in [-0.1, -0.05) is 11.6 Å². The number of aromatic nitrogens is 1. The molecule has 1 aromatic carbocycles. The molecule has 0 aliphatic rings. The van der Waals surface area contributed by atoms with E-state index in [9.17, 15) is 18.0 Å². The van der Waals surface area contributed by atoms with Gasteiger partial charge in [0, 0.05) is 17.7 Å². The number of nitrogens with zero attached hydrogens (tertiary/aromatic N) is 1. The number of nitrogens with two attached hydrogens (primary N) is 1. The van der Waals surface area contributed by atoms with Crippen molar-refractivity contribution in [1.82, 2.24) is 4.98 Å². The molecule has 0 bridgehead atoms. The van der Waals surface area contributed by atoms with E-state index in [0.717, 1.165) is 0 Å². The number of carbonyl (C=O) groups excluding carboxylic acids is 1. The standard InChI is InChI=1S/C12H7ClF3N3O/c13-9-1-5(2-10(17)19-9)12(20)18-8-4-6(14)3-7(15)11(8)16/h1-4H,(H2,17,19)(H,18,20). The fraction of sp³-hybridized carbons (Fsp3) is 0. The molecule has 20 heavy (non-hydrogen) atoms. The van der Waals surface area contributed by atoms with Crippen molar-refractivity contribution in [3.63, 3.8) is 0 Å². The highest BCUT2D eigenvalue weighted by Gasteiger charge is 2.15. The number of carbonyl (C=O) groups is 1. The van der Waals surface area contributed by atoms with Gasteiger partial charge in [-0.3, -0.25) is 4.79 Å². The molecule has 0 unspecified atom stereocenters. The second kappa shape index (κ2) is 5.38. The lowest BCUT2D eigenvalue weighted by Gasteiger charge is -2.08. The molecule has 1 amide bonds. The van der Waals surface area contributed by atoms with E-state index >= 15 is 0 Å². The van der Waals surface area contributed by atoms with E-state index in [-0.39, 0.29) is 16.5 Å². The molecule has 0 radical (unpaired) electrons. The molecule has 0 aliphatic heterocycles. The van der Waals surface area contributed by atoms with Crippen LogP contribution >= 0.6 is 11.6 Å². The Morgan fingerprint density at radius 3 is 2.55 bits per heavy atom. The first-order valence-corrected chi connectivity index (χ1v) is 5.63. The van der Waals surface area contributed by atoms with Crippen molar-refractivity contribution in [3.05, 3.63) is 52.4 Å². The Morgan fingerprint density at radius 1 is 1.20 bits per heavy atom. The normalized spacial score (nSPS) is 10.4. The van der Waals surface area contributed by atoms with Crippen molar-refractivity contribution >= 4 is 29.0 Å². The number of nitrogens with one attached hydrogen (secondary N) is 1. The van der Waals surface area contributed by atoms with Gasteiger partial charge in [0.25, 0.3) is 5.91 Å². The van der Waals surface area contributed by atoms with Crippen LogP contribution in [-0.4, -0.2) is 10.9 Å². The first-order valence-electron chi connectivity index (χ1n) is 5.26. The molecule has 0 atom stereocenters. The van der Waals surface area contributed by atoms with Gasteiger partial charge in [-0.2, -0.15) is 0 Å². The Labute approximate surface area is 116 Å². The predicted octanol–water partition coefficient (Wildman–Crippen LogP) is 2.99. The third kappa shape index (κ3) is 3.00. The summed E-state index contributed by atoms with van der Waals surface area (Å²) in [5.74, 6) is -4.65. The molecule has 4 nitrogen and oxygen atoms in total. The molecule has 1 heterocycles. The van der Waals surface area contributed by atoms with Crippen LogP contribution in [0.2, 0.25) is 5.15 Å². The molecule has 0 spiro atoms. The van der Waals surface area contributed by atoms with Gasteiger partial charge < -0.3 is 11.1 Å². The topological polar surface area (TPSA) is 68.0 Å². The number of halogens is 4. The molecule has 2 aromatic rings. The highest BCUT2D eigenvalue weighted by Crippen LogP contribution is 2.20. The average Bonchev–Trinajstić information content (AvgIpc) is 2.34. The summed E-state index contributed by atoms with van der Waals surface area (Å²) in [7, 11) is 0. The number of nitrogen functional groups attached to an aromatic ring is 1. The Hall–Kier alpha value is -2.28. The van der Waals surface area contributed by atoms with Gasteiger partial charge in [0.1, 0.15) is 16.8 Å². The van der Waals surface area contributed by atoms with Crippen LogP contribution in [0.5, 0.6) is 0 Å². The number of amides is 1. The summed E-state index contributed by atoms with van der Waals surface area (Å²) in [6, 6.07) is 3.39. The van der Waals surface area contributed by atoms with E-state index in [4.69, 9.17) is 17.3 Å². The second-order valence-electron chi connectivity index (χ2n) is 3.81. The van der Waals surface area contributed by atoms with E-state index < -0.39 is 29.0 Å². The zero-order valence-corrected chi connectivity index (χ0v) is 10.5. The lowest BCUT2D eigenvalue weighted by atomic mass is 10.2. The first kappa shape index (κ1) is 14.1. The number of benzene rings is 1. The minimum absolute atomic E-state index is 0.0199. The molecule has 1 aromatic heterocycles. The fourth-order valence-corrected chi connectivity index (χ4v) is 1.70. The lowest BCUT2D eigenvalue weighted by molar-refractivity contribution is 0.102. The molecule has 0 aliphatic carbocycles. The van der Waals surface area contributed by atoms with Gasteiger partial charge in [-0.15, -0.1) is 0 Å². The molecule has 0 saturated heterocycles.